The van der Waals surface area contributed by atoms with Crippen molar-refractivity contribution in [2.45, 2.75) is 0 Å². The number of phenols is 4. The molecule has 0 aliphatic rings. The van der Waals surface area contributed by atoms with E-state index in [0.717, 1.165) is 12.1 Å². The molecule has 6 heteroatoms. The lowest BCUT2D eigenvalue weighted by Gasteiger charge is -2.09. The van der Waals surface area contributed by atoms with Crippen LogP contribution in [0.2, 0.25) is 0 Å². The summed E-state index contributed by atoms with van der Waals surface area (Å²) < 4.78 is 0. The number of hydrogen-bond acceptors (Lipinski definition) is 5. The third-order valence-corrected chi connectivity index (χ3v) is 2.45. The summed E-state index contributed by atoms with van der Waals surface area (Å²) in [6, 6.07) is 7.13. The number of rotatable bonds is 2. The molecule has 19 heavy (non-hydrogen) atoms. The van der Waals surface area contributed by atoms with Gasteiger partial charge in [-0.05, 0) is 30.3 Å². The van der Waals surface area contributed by atoms with Crippen LogP contribution in [0.5, 0.6) is 23.0 Å². The number of phenolic OH excluding ortho intramolecular Hbond substituents is 4. The fourth-order valence-electron chi connectivity index (χ4n) is 1.52. The highest BCUT2D eigenvalue weighted by Gasteiger charge is 2.14. The van der Waals surface area contributed by atoms with Gasteiger partial charge in [0.05, 0.1) is 11.3 Å². The van der Waals surface area contributed by atoms with Crippen molar-refractivity contribution < 1.29 is 25.2 Å². The molecule has 0 radical (unpaired) electrons. The summed E-state index contributed by atoms with van der Waals surface area (Å²) >= 11 is 0. The third-order valence-electron chi connectivity index (χ3n) is 2.45. The van der Waals surface area contributed by atoms with Crippen LogP contribution >= 0.6 is 0 Å². The summed E-state index contributed by atoms with van der Waals surface area (Å²) in [7, 11) is 0. The zero-order valence-electron chi connectivity index (χ0n) is 9.66. The Hall–Kier alpha value is -2.89. The fraction of sp³-hybridized carbons (Fsp3) is 0. The van der Waals surface area contributed by atoms with E-state index in [1.54, 1.807) is 0 Å². The molecule has 0 fully saturated rings. The Morgan fingerprint density at radius 3 is 2.11 bits per heavy atom. The van der Waals surface area contributed by atoms with Crippen LogP contribution in [0.15, 0.2) is 36.4 Å². The van der Waals surface area contributed by atoms with Crippen LogP contribution in [-0.2, 0) is 0 Å². The second-order valence-electron chi connectivity index (χ2n) is 3.86. The lowest BCUT2D eigenvalue weighted by atomic mass is 10.1. The van der Waals surface area contributed by atoms with Gasteiger partial charge >= 0.3 is 0 Å². The van der Waals surface area contributed by atoms with E-state index in [1.165, 1.54) is 24.3 Å². The summed E-state index contributed by atoms with van der Waals surface area (Å²) in [5, 5.41) is 39.9. The smallest absolute Gasteiger partial charge is 0.259 e. The monoisotopic (exact) mass is 261 g/mol. The predicted octanol–water partition coefficient (Wildman–Crippen LogP) is 1.76. The van der Waals surface area contributed by atoms with E-state index in [9.17, 15) is 25.2 Å². The number of carbonyl (C=O) groups excluding carboxylic acids is 1. The van der Waals surface area contributed by atoms with Crippen molar-refractivity contribution >= 4 is 11.6 Å². The molecule has 2 aromatic rings. The van der Waals surface area contributed by atoms with E-state index in [-0.39, 0.29) is 34.2 Å². The van der Waals surface area contributed by atoms with Gasteiger partial charge in [0.1, 0.15) is 23.0 Å². The molecule has 0 saturated heterocycles. The van der Waals surface area contributed by atoms with Gasteiger partial charge in [-0.1, -0.05) is 0 Å². The molecular formula is C13H11NO5. The Balaban J connectivity index is 2.30. The predicted molar refractivity (Wildman–Crippen MR) is 67.5 cm³/mol. The second-order valence-corrected chi connectivity index (χ2v) is 3.86. The van der Waals surface area contributed by atoms with Crippen molar-refractivity contribution in [2.24, 2.45) is 0 Å². The number of aromatic hydroxyl groups is 4. The van der Waals surface area contributed by atoms with Crippen LogP contribution in [0.4, 0.5) is 5.69 Å². The highest BCUT2D eigenvalue weighted by Crippen LogP contribution is 2.29. The van der Waals surface area contributed by atoms with Gasteiger partial charge in [-0.3, -0.25) is 4.79 Å². The Labute approximate surface area is 108 Å². The zero-order chi connectivity index (χ0) is 14.0. The minimum absolute atomic E-state index is 0.00672. The summed E-state index contributed by atoms with van der Waals surface area (Å²) in [5.41, 5.74) is -0.157. The topological polar surface area (TPSA) is 110 Å². The average molecular weight is 261 g/mol. The molecule has 0 spiro atoms. The van der Waals surface area contributed by atoms with Crippen molar-refractivity contribution in [3.8, 4) is 23.0 Å². The van der Waals surface area contributed by atoms with E-state index in [1.807, 2.05) is 0 Å². The van der Waals surface area contributed by atoms with E-state index in [2.05, 4.69) is 5.32 Å². The van der Waals surface area contributed by atoms with Gasteiger partial charge in [-0.25, -0.2) is 0 Å². The molecule has 0 unspecified atom stereocenters. The number of hydrogen-bond donors (Lipinski definition) is 5. The van der Waals surface area contributed by atoms with Crippen molar-refractivity contribution in [1.82, 2.24) is 0 Å². The second kappa shape index (κ2) is 4.77. The molecule has 0 bridgehead atoms. The first-order valence-electron chi connectivity index (χ1n) is 5.32. The normalized spacial score (nSPS) is 10.1. The van der Waals surface area contributed by atoms with Gasteiger partial charge in [-0.15, -0.1) is 0 Å². The zero-order valence-corrected chi connectivity index (χ0v) is 9.66. The fourth-order valence-corrected chi connectivity index (χ4v) is 1.52. The van der Waals surface area contributed by atoms with Crippen molar-refractivity contribution in [3.63, 3.8) is 0 Å². The van der Waals surface area contributed by atoms with Crippen molar-refractivity contribution in [1.29, 1.82) is 0 Å². The SMILES string of the molecule is O=C(Nc1cc(O)ccc1O)c1cc(O)ccc1O. The number of carbonyl (C=O) groups is 1. The molecule has 2 rings (SSSR count). The molecule has 98 valence electrons. The van der Waals surface area contributed by atoms with Gasteiger partial charge in [0.15, 0.2) is 0 Å². The van der Waals surface area contributed by atoms with Gasteiger partial charge in [0.25, 0.3) is 5.91 Å². The van der Waals surface area contributed by atoms with E-state index < -0.39 is 5.91 Å². The first-order chi connectivity index (χ1) is 8.97. The lowest BCUT2D eigenvalue weighted by molar-refractivity contribution is 0.102. The van der Waals surface area contributed by atoms with E-state index in [4.69, 9.17) is 0 Å². The van der Waals surface area contributed by atoms with Crippen LogP contribution < -0.4 is 5.32 Å². The maximum atomic E-state index is 11.9. The Morgan fingerprint density at radius 2 is 1.42 bits per heavy atom. The van der Waals surface area contributed by atoms with Crippen molar-refractivity contribution in [2.75, 3.05) is 5.32 Å². The lowest BCUT2D eigenvalue weighted by Crippen LogP contribution is -2.12. The van der Waals surface area contributed by atoms with Crippen LogP contribution in [-0.4, -0.2) is 26.3 Å². The first-order valence-corrected chi connectivity index (χ1v) is 5.32. The number of nitrogens with one attached hydrogen (secondary N) is 1. The first kappa shape index (κ1) is 12.6. The maximum Gasteiger partial charge on any atom is 0.259 e. The maximum absolute atomic E-state index is 11.9. The van der Waals surface area contributed by atoms with Gasteiger partial charge in [-0.2, -0.15) is 0 Å². The summed E-state index contributed by atoms with van der Waals surface area (Å²) in [6.45, 7) is 0. The molecule has 0 aliphatic carbocycles. The van der Waals surface area contributed by atoms with Crippen LogP contribution in [0.25, 0.3) is 0 Å². The molecular weight excluding hydrogens is 250 g/mol. The Morgan fingerprint density at radius 1 is 0.842 bits per heavy atom. The highest BCUT2D eigenvalue weighted by atomic mass is 16.3. The Kier molecular flexibility index (Phi) is 3.15. The molecule has 5 N–H and O–H groups in total. The highest BCUT2D eigenvalue weighted by molar-refractivity contribution is 6.07. The number of amides is 1. The Bertz CT molecular complexity index is 639. The van der Waals surface area contributed by atoms with Crippen molar-refractivity contribution in [3.05, 3.63) is 42.0 Å². The number of benzene rings is 2. The van der Waals surface area contributed by atoms with Gasteiger partial charge in [0.2, 0.25) is 0 Å². The van der Waals surface area contributed by atoms with Gasteiger partial charge < -0.3 is 25.7 Å². The van der Waals surface area contributed by atoms with E-state index >= 15 is 0 Å². The quantitative estimate of drug-likeness (QED) is 0.418. The minimum atomic E-state index is -0.727. The summed E-state index contributed by atoms with van der Waals surface area (Å²) in [5.74, 6) is -1.58. The van der Waals surface area contributed by atoms with Crippen LogP contribution in [0.1, 0.15) is 10.4 Å². The molecule has 0 aromatic heterocycles. The molecule has 0 atom stereocenters. The van der Waals surface area contributed by atoms with Crippen LogP contribution in [0.3, 0.4) is 0 Å². The molecule has 0 heterocycles. The average Bonchev–Trinajstić information content (AvgIpc) is 2.36. The molecule has 1 amide bonds. The molecule has 0 aliphatic heterocycles. The number of anilines is 1. The molecule has 6 nitrogen and oxygen atoms in total. The molecule has 0 saturated carbocycles. The standard InChI is InChI=1S/C13H11NO5/c15-7-1-3-11(17)9(5-7)13(19)14-10-6-8(16)2-4-12(10)18/h1-6,15-18H,(H,14,19). The molecule has 2 aromatic carbocycles. The summed E-state index contributed by atoms with van der Waals surface area (Å²) in [4.78, 5) is 11.9. The largest absolute Gasteiger partial charge is 0.508 e. The summed E-state index contributed by atoms with van der Waals surface area (Å²) in [6.07, 6.45) is 0. The third kappa shape index (κ3) is 2.68. The van der Waals surface area contributed by atoms with E-state index in [0.29, 0.717) is 0 Å². The van der Waals surface area contributed by atoms with Gasteiger partial charge in [0, 0.05) is 6.07 Å². The minimum Gasteiger partial charge on any atom is -0.508 e. The van der Waals surface area contributed by atoms with Crippen LogP contribution in [0, 0.1) is 0 Å².